The largest absolute Gasteiger partial charge is 0.497 e. The predicted octanol–water partition coefficient (Wildman–Crippen LogP) is 2.56. The van der Waals surface area contributed by atoms with Crippen molar-refractivity contribution in [3.8, 4) is 5.75 Å². The molecule has 1 aromatic heterocycles. The van der Waals surface area contributed by atoms with Gasteiger partial charge in [-0.05, 0) is 36.4 Å². The van der Waals surface area contributed by atoms with Gasteiger partial charge in [-0.1, -0.05) is 17.3 Å². The minimum Gasteiger partial charge on any atom is -0.497 e. The topological polar surface area (TPSA) is 90.7 Å². The van der Waals surface area contributed by atoms with E-state index in [1.807, 2.05) is 18.2 Å². The van der Waals surface area contributed by atoms with Gasteiger partial charge in [0.05, 0.1) is 13.5 Å². The monoisotopic (exact) mass is 340 g/mol. The molecule has 0 spiro atoms. The molecule has 0 unspecified atom stereocenters. The van der Waals surface area contributed by atoms with E-state index in [0.717, 1.165) is 5.39 Å². The van der Waals surface area contributed by atoms with Crippen LogP contribution in [0.3, 0.4) is 0 Å². The molecule has 0 bridgehead atoms. The molecule has 0 radical (unpaired) electrons. The van der Waals surface area contributed by atoms with Crippen LogP contribution >= 0.6 is 0 Å². The third-order valence-corrected chi connectivity index (χ3v) is 3.50. The van der Waals surface area contributed by atoms with E-state index in [1.54, 1.807) is 37.4 Å². The number of carbonyl (C=O) groups excluding carboxylic acids is 2. The van der Waals surface area contributed by atoms with Crippen molar-refractivity contribution in [2.45, 2.75) is 6.42 Å². The zero-order valence-corrected chi connectivity index (χ0v) is 13.5. The average Bonchev–Trinajstić information content (AvgIpc) is 3.04. The molecule has 3 rings (SSSR count). The maximum absolute atomic E-state index is 11.9. The van der Waals surface area contributed by atoms with E-state index in [2.05, 4.69) is 10.5 Å². The number of anilines is 1. The lowest BCUT2D eigenvalue weighted by molar-refractivity contribution is -0.146. The molecule has 1 amide bonds. The summed E-state index contributed by atoms with van der Waals surface area (Å²) >= 11 is 0. The number of benzene rings is 2. The molecule has 0 saturated carbocycles. The number of amides is 1. The number of hydrogen-bond donors (Lipinski definition) is 1. The zero-order chi connectivity index (χ0) is 17.6. The molecule has 7 nitrogen and oxygen atoms in total. The molecule has 0 fully saturated rings. The number of ether oxygens (including phenoxy) is 2. The number of hydrogen-bond acceptors (Lipinski definition) is 6. The van der Waals surface area contributed by atoms with Crippen molar-refractivity contribution in [2.24, 2.45) is 0 Å². The Kier molecular flexibility index (Phi) is 4.94. The summed E-state index contributed by atoms with van der Waals surface area (Å²) < 4.78 is 15.1. The number of nitrogens with one attached hydrogen (secondary N) is 1. The van der Waals surface area contributed by atoms with Crippen LogP contribution in [0.25, 0.3) is 11.0 Å². The first-order valence-corrected chi connectivity index (χ1v) is 7.58. The summed E-state index contributed by atoms with van der Waals surface area (Å²) in [4.78, 5) is 23.7. The van der Waals surface area contributed by atoms with Crippen LogP contribution < -0.4 is 10.1 Å². The number of rotatable bonds is 6. The number of nitrogens with zero attached hydrogens (tertiary/aromatic N) is 1. The van der Waals surface area contributed by atoms with E-state index in [0.29, 0.717) is 22.7 Å². The highest BCUT2D eigenvalue weighted by Gasteiger charge is 2.14. The van der Waals surface area contributed by atoms with Crippen molar-refractivity contribution in [1.29, 1.82) is 0 Å². The number of aromatic nitrogens is 1. The van der Waals surface area contributed by atoms with Gasteiger partial charge in [0.2, 0.25) is 0 Å². The Morgan fingerprint density at radius 2 is 1.88 bits per heavy atom. The summed E-state index contributed by atoms with van der Waals surface area (Å²) in [5.74, 6) is -0.295. The number of carbonyl (C=O) groups is 2. The van der Waals surface area contributed by atoms with Crippen LogP contribution in [0.15, 0.2) is 53.1 Å². The predicted molar refractivity (Wildman–Crippen MR) is 90.3 cm³/mol. The lowest BCUT2D eigenvalue weighted by Crippen LogP contribution is -2.21. The van der Waals surface area contributed by atoms with Gasteiger partial charge in [-0.15, -0.1) is 0 Å². The summed E-state index contributed by atoms with van der Waals surface area (Å²) in [5, 5.41) is 7.24. The van der Waals surface area contributed by atoms with Gasteiger partial charge in [-0.2, -0.15) is 0 Å². The highest BCUT2D eigenvalue weighted by molar-refractivity contribution is 5.93. The Labute approximate surface area is 143 Å². The Morgan fingerprint density at radius 3 is 2.64 bits per heavy atom. The Morgan fingerprint density at radius 1 is 1.12 bits per heavy atom. The Hall–Kier alpha value is -3.35. The Balaban J connectivity index is 1.50. The van der Waals surface area contributed by atoms with E-state index in [4.69, 9.17) is 14.0 Å². The van der Waals surface area contributed by atoms with Crippen molar-refractivity contribution in [1.82, 2.24) is 5.16 Å². The molecule has 128 valence electrons. The summed E-state index contributed by atoms with van der Waals surface area (Å²) in [6, 6.07) is 14.1. The van der Waals surface area contributed by atoms with Crippen molar-refractivity contribution >= 4 is 28.5 Å². The quantitative estimate of drug-likeness (QED) is 0.694. The van der Waals surface area contributed by atoms with Crippen molar-refractivity contribution in [3.05, 3.63) is 54.2 Å². The van der Waals surface area contributed by atoms with Crippen LogP contribution in [0, 0.1) is 0 Å². The summed E-state index contributed by atoms with van der Waals surface area (Å²) in [6.07, 6.45) is -0.0627. The molecule has 1 N–H and O–H groups in total. The van der Waals surface area contributed by atoms with Crippen LogP contribution in [-0.2, 0) is 20.7 Å². The van der Waals surface area contributed by atoms with Crippen molar-refractivity contribution in [3.63, 3.8) is 0 Å². The van der Waals surface area contributed by atoms with Crippen LogP contribution in [-0.4, -0.2) is 30.7 Å². The number of para-hydroxylation sites is 1. The molecule has 0 atom stereocenters. The second-order valence-corrected chi connectivity index (χ2v) is 5.24. The molecule has 7 heteroatoms. The van der Waals surface area contributed by atoms with E-state index in [1.165, 1.54) is 0 Å². The lowest BCUT2D eigenvalue weighted by atomic mass is 10.2. The van der Waals surface area contributed by atoms with Gasteiger partial charge in [-0.3, -0.25) is 9.59 Å². The van der Waals surface area contributed by atoms with Gasteiger partial charge in [0.15, 0.2) is 12.2 Å². The van der Waals surface area contributed by atoms with Gasteiger partial charge in [0, 0.05) is 11.1 Å². The van der Waals surface area contributed by atoms with Crippen molar-refractivity contribution in [2.75, 3.05) is 19.0 Å². The van der Waals surface area contributed by atoms with Gasteiger partial charge in [0.1, 0.15) is 11.4 Å². The van der Waals surface area contributed by atoms with Crippen LogP contribution in [0.2, 0.25) is 0 Å². The molecule has 0 aliphatic heterocycles. The van der Waals surface area contributed by atoms with Gasteiger partial charge in [-0.25, -0.2) is 0 Å². The molecule has 25 heavy (non-hydrogen) atoms. The molecule has 3 aromatic rings. The number of esters is 1. The lowest BCUT2D eigenvalue weighted by Gasteiger charge is -2.07. The zero-order valence-electron chi connectivity index (χ0n) is 13.5. The molecule has 2 aromatic carbocycles. The first-order chi connectivity index (χ1) is 12.2. The normalized spacial score (nSPS) is 10.4. The fraction of sp³-hybridized carbons (Fsp3) is 0.167. The SMILES string of the molecule is COc1ccc(NC(=O)COC(=O)Cc2noc3ccccc23)cc1. The van der Waals surface area contributed by atoms with Crippen LogP contribution in [0.5, 0.6) is 5.75 Å². The molecule has 0 aliphatic carbocycles. The third kappa shape index (κ3) is 4.14. The average molecular weight is 340 g/mol. The molecule has 0 saturated heterocycles. The second kappa shape index (κ2) is 7.48. The number of fused-ring (bicyclic) bond motifs is 1. The summed E-state index contributed by atoms with van der Waals surface area (Å²) in [7, 11) is 1.56. The van der Waals surface area contributed by atoms with E-state index < -0.39 is 11.9 Å². The number of methoxy groups -OCH3 is 1. The smallest absolute Gasteiger partial charge is 0.312 e. The van der Waals surface area contributed by atoms with E-state index in [9.17, 15) is 9.59 Å². The van der Waals surface area contributed by atoms with Crippen molar-refractivity contribution < 1.29 is 23.6 Å². The first-order valence-electron chi connectivity index (χ1n) is 7.58. The highest BCUT2D eigenvalue weighted by Crippen LogP contribution is 2.18. The van der Waals surface area contributed by atoms with Crippen LogP contribution in [0.1, 0.15) is 5.69 Å². The Bertz CT molecular complexity index is 886. The van der Waals surface area contributed by atoms with E-state index in [-0.39, 0.29) is 13.0 Å². The fourth-order valence-electron chi connectivity index (χ4n) is 2.27. The first kappa shape index (κ1) is 16.5. The third-order valence-electron chi connectivity index (χ3n) is 3.50. The van der Waals surface area contributed by atoms with Gasteiger partial charge < -0.3 is 19.3 Å². The van der Waals surface area contributed by atoms with E-state index >= 15 is 0 Å². The molecular formula is C18H16N2O5. The molecule has 0 aliphatic rings. The maximum Gasteiger partial charge on any atom is 0.312 e. The minimum atomic E-state index is -0.552. The fourth-order valence-corrected chi connectivity index (χ4v) is 2.27. The standard InChI is InChI=1S/C18H16N2O5/c1-23-13-8-6-12(7-9-13)19-17(21)11-24-18(22)10-15-14-4-2-3-5-16(14)25-20-15/h2-9H,10-11H2,1H3,(H,19,21). The van der Waals surface area contributed by atoms with Crippen LogP contribution in [0.4, 0.5) is 5.69 Å². The van der Waals surface area contributed by atoms with Gasteiger partial charge in [0.25, 0.3) is 5.91 Å². The summed E-state index contributed by atoms with van der Waals surface area (Å²) in [5.41, 5.74) is 1.67. The molecular weight excluding hydrogens is 324 g/mol. The van der Waals surface area contributed by atoms with Gasteiger partial charge >= 0.3 is 5.97 Å². The highest BCUT2D eigenvalue weighted by atomic mass is 16.5. The molecule has 1 heterocycles. The maximum atomic E-state index is 11.9. The minimum absolute atomic E-state index is 0.0627. The summed E-state index contributed by atoms with van der Waals surface area (Å²) in [6.45, 7) is -0.374. The second-order valence-electron chi connectivity index (χ2n) is 5.24.